The van der Waals surface area contributed by atoms with Gasteiger partial charge in [0.1, 0.15) is 11.9 Å². The van der Waals surface area contributed by atoms with E-state index in [1.54, 1.807) is 13.1 Å². The van der Waals surface area contributed by atoms with Crippen LogP contribution in [0.2, 0.25) is 0 Å². The highest BCUT2D eigenvalue weighted by molar-refractivity contribution is 6.09. The molecule has 0 aliphatic rings. The van der Waals surface area contributed by atoms with Crippen LogP contribution in [0.1, 0.15) is 32.3 Å². The monoisotopic (exact) mass is 458 g/mol. The van der Waals surface area contributed by atoms with Crippen molar-refractivity contribution < 1.29 is 14.3 Å². The second-order valence-corrected chi connectivity index (χ2v) is 8.20. The molecule has 2 heterocycles. The SMILES string of the molecule is CCCCn1c2ccccc2c2cc(NC(=O)N[C@@H](Cc3ccccc3)C(=O)OCC)ncc21. The molecule has 2 aromatic heterocycles. The van der Waals surface area contributed by atoms with Gasteiger partial charge < -0.3 is 14.6 Å². The molecule has 0 spiro atoms. The number of pyridine rings is 1. The number of nitrogens with one attached hydrogen (secondary N) is 2. The molecule has 2 N–H and O–H groups in total. The number of amides is 2. The minimum absolute atomic E-state index is 0.244. The number of urea groups is 1. The molecule has 0 saturated heterocycles. The minimum atomic E-state index is -0.804. The first-order chi connectivity index (χ1) is 16.6. The van der Waals surface area contributed by atoms with Crippen LogP contribution in [0.4, 0.5) is 10.6 Å². The average Bonchev–Trinajstić information content (AvgIpc) is 3.16. The normalized spacial score (nSPS) is 11.9. The van der Waals surface area contributed by atoms with E-state index >= 15 is 0 Å². The molecule has 34 heavy (non-hydrogen) atoms. The maximum absolute atomic E-state index is 12.8. The molecule has 0 fully saturated rings. The van der Waals surface area contributed by atoms with Crippen molar-refractivity contribution in [2.24, 2.45) is 0 Å². The molecule has 0 saturated carbocycles. The summed E-state index contributed by atoms with van der Waals surface area (Å²) in [4.78, 5) is 29.7. The molecule has 0 aliphatic heterocycles. The third kappa shape index (κ3) is 5.20. The quantitative estimate of drug-likeness (QED) is 0.334. The Kier molecular flexibility index (Phi) is 7.42. The van der Waals surface area contributed by atoms with E-state index in [0.717, 1.165) is 46.8 Å². The molecule has 7 heteroatoms. The summed E-state index contributed by atoms with van der Waals surface area (Å²) < 4.78 is 7.45. The fraction of sp³-hybridized carbons (Fsp3) is 0.296. The number of fused-ring (bicyclic) bond motifs is 3. The number of para-hydroxylation sites is 1. The van der Waals surface area contributed by atoms with Gasteiger partial charge in [0.05, 0.1) is 18.3 Å². The molecule has 2 amide bonds. The van der Waals surface area contributed by atoms with E-state index in [1.807, 2.05) is 48.5 Å². The summed E-state index contributed by atoms with van der Waals surface area (Å²) in [6, 6.07) is 18.3. The highest BCUT2D eigenvalue weighted by atomic mass is 16.5. The lowest BCUT2D eigenvalue weighted by atomic mass is 10.1. The van der Waals surface area contributed by atoms with E-state index in [-0.39, 0.29) is 6.61 Å². The third-order valence-electron chi connectivity index (χ3n) is 5.79. The second-order valence-electron chi connectivity index (χ2n) is 8.20. The fourth-order valence-electron chi connectivity index (χ4n) is 4.17. The molecule has 4 rings (SSSR count). The van der Waals surface area contributed by atoms with Crippen LogP contribution in [0.25, 0.3) is 21.8 Å². The van der Waals surface area contributed by atoms with E-state index < -0.39 is 18.0 Å². The lowest BCUT2D eigenvalue weighted by molar-refractivity contribution is -0.145. The number of rotatable bonds is 9. The number of anilines is 1. The Morgan fingerprint density at radius 3 is 2.53 bits per heavy atom. The highest BCUT2D eigenvalue weighted by Crippen LogP contribution is 2.30. The zero-order valence-corrected chi connectivity index (χ0v) is 19.6. The highest BCUT2D eigenvalue weighted by Gasteiger charge is 2.23. The molecule has 0 unspecified atom stereocenters. The summed E-state index contributed by atoms with van der Waals surface area (Å²) in [7, 11) is 0. The van der Waals surface area contributed by atoms with Crippen molar-refractivity contribution in [3.05, 3.63) is 72.4 Å². The fourth-order valence-corrected chi connectivity index (χ4v) is 4.17. The summed E-state index contributed by atoms with van der Waals surface area (Å²) in [5.74, 6) is -0.0466. The number of benzene rings is 2. The third-order valence-corrected chi connectivity index (χ3v) is 5.79. The Hall–Kier alpha value is -3.87. The maximum Gasteiger partial charge on any atom is 0.329 e. The van der Waals surface area contributed by atoms with Crippen LogP contribution < -0.4 is 10.6 Å². The Morgan fingerprint density at radius 2 is 1.76 bits per heavy atom. The first-order valence-corrected chi connectivity index (χ1v) is 11.8. The van der Waals surface area contributed by atoms with Crippen LogP contribution in [0.5, 0.6) is 0 Å². The maximum atomic E-state index is 12.8. The van der Waals surface area contributed by atoms with Gasteiger partial charge in [0, 0.05) is 29.3 Å². The van der Waals surface area contributed by atoms with Crippen molar-refractivity contribution in [2.45, 2.75) is 45.7 Å². The van der Waals surface area contributed by atoms with E-state index in [2.05, 4.69) is 39.2 Å². The summed E-state index contributed by atoms with van der Waals surface area (Å²) in [5, 5.41) is 7.68. The van der Waals surface area contributed by atoms with E-state index in [9.17, 15) is 9.59 Å². The van der Waals surface area contributed by atoms with Gasteiger partial charge >= 0.3 is 12.0 Å². The predicted molar refractivity (Wildman–Crippen MR) is 135 cm³/mol. The van der Waals surface area contributed by atoms with Gasteiger partial charge in [-0.1, -0.05) is 61.9 Å². The van der Waals surface area contributed by atoms with Gasteiger partial charge in [-0.3, -0.25) is 5.32 Å². The number of aryl methyl sites for hydroxylation is 1. The molecule has 2 aromatic carbocycles. The lowest BCUT2D eigenvalue weighted by Crippen LogP contribution is -2.45. The van der Waals surface area contributed by atoms with E-state index in [0.29, 0.717) is 12.2 Å². The first kappa shape index (κ1) is 23.3. The number of carbonyl (C=O) groups excluding carboxylic acids is 2. The largest absolute Gasteiger partial charge is 0.464 e. The van der Waals surface area contributed by atoms with Crippen LogP contribution in [-0.2, 0) is 22.5 Å². The molecular formula is C27H30N4O3. The Bertz CT molecular complexity index is 1280. The number of unbranched alkanes of at least 4 members (excludes halogenated alkanes) is 1. The van der Waals surface area contributed by atoms with E-state index in [1.165, 1.54) is 0 Å². The van der Waals surface area contributed by atoms with Crippen molar-refractivity contribution in [1.82, 2.24) is 14.9 Å². The molecule has 7 nitrogen and oxygen atoms in total. The second kappa shape index (κ2) is 10.8. The molecular weight excluding hydrogens is 428 g/mol. The lowest BCUT2D eigenvalue weighted by Gasteiger charge is -2.17. The number of hydrogen-bond acceptors (Lipinski definition) is 4. The van der Waals surface area contributed by atoms with Crippen molar-refractivity contribution in [2.75, 3.05) is 11.9 Å². The number of ether oxygens (including phenoxy) is 1. The summed E-state index contributed by atoms with van der Waals surface area (Å²) in [5.41, 5.74) is 3.12. The molecule has 4 aromatic rings. The van der Waals surface area contributed by atoms with Crippen molar-refractivity contribution in [3.63, 3.8) is 0 Å². The Morgan fingerprint density at radius 1 is 1.00 bits per heavy atom. The Labute approximate surface area is 199 Å². The zero-order valence-electron chi connectivity index (χ0n) is 19.6. The average molecular weight is 459 g/mol. The molecule has 1 atom stereocenters. The van der Waals surface area contributed by atoms with E-state index in [4.69, 9.17) is 4.74 Å². The van der Waals surface area contributed by atoms with Crippen LogP contribution in [0, 0.1) is 0 Å². The van der Waals surface area contributed by atoms with Gasteiger partial charge in [0.25, 0.3) is 0 Å². The van der Waals surface area contributed by atoms with Gasteiger partial charge in [-0.15, -0.1) is 0 Å². The smallest absolute Gasteiger partial charge is 0.329 e. The topological polar surface area (TPSA) is 85.2 Å². The van der Waals surface area contributed by atoms with Crippen molar-refractivity contribution in [1.29, 1.82) is 0 Å². The first-order valence-electron chi connectivity index (χ1n) is 11.8. The van der Waals surface area contributed by atoms with Gasteiger partial charge in [0.15, 0.2) is 0 Å². The number of nitrogens with zero attached hydrogens (tertiary/aromatic N) is 2. The summed E-state index contributed by atoms with van der Waals surface area (Å²) in [6.07, 6.45) is 4.32. The van der Waals surface area contributed by atoms with Gasteiger partial charge in [-0.05, 0) is 31.0 Å². The van der Waals surface area contributed by atoms with Gasteiger partial charge in [0.2, 0.25) is 0 Å². The number of carbonyl (C=O) groups is 2. The van der Waals surface area contributed by atoms with Crippen LogP contribution >= 0.6 is 0 Å². The standard InChI is InChI=1S/C27H30N4O3/c1-3-5-15-31-23-14-10-9-13-20(23)21-17-25(28-18-24(21)31)30-27(33)29-22(26(32)34-4-2)16-19-11-7-6-8-12-19/h6-14,17-18,22H,3-5,15-16H2,1-2H3,(H2,28,29,30,33)/t22-/m0/s1. The number of hydrogen-bond donors (Lipinski definition) is 2. The molecule has 0 radical (unpaired) electrons. The zero-order chi connectivity index (χ0) is 23.9. The summed E-state index contributed by atoms with van der Waals surface area (Å²) >= 11 is 0. The summed E-state index contributed by atoms with van der Waals surface area (Å²) in [6.45, 7) is 5.08. The molecule has 176 valence electrons. The molecule has 0 aliphatic carbocycles. The van der Waals surface area contributed by atoms with Gasteiger partial charge in [-0.25, -0.2) is 14.6 Å². The van der Waals surface area contributed by atoms with Crippen LogP contribution in [-0.4, -0.2) is 34.2 Å². The van der Waals surface area contributed by atoms with Crippen molar-refractivity contribution >= 4 is 39.6 Å². The Balaban J connectivity index is 1.55. The van der Waals surface area contributed by atoms with Gasteiger partial charge in [-0.2, -0.15) is 0 Å². The number of esters is 1. The number of aromatic nitrogens is 2. The predicted octanol–water partition coefficient (Wildman–Crippen LogP) is 5.29. The van der Waals surface area contributed by atoms with Crippen molar-refractivity contribution in [3.8, 4) is 0 Å². The minimum Gasteiger partial charge on any atom is -0.464 e. The van der Waals surface area contributed by atoms with Crippen LogP contribution in [0.3, 0.4) is 0 Å². The molecule has 0 bridgehead atoms. The van der Waals surface area contributed by atoms with Crippen LogP contribution in [0.15, 0.2) is 66.9 Å².